The second-order valence-corrected chi connectivity index (χ2v) is 3.22. The van der Waals surface area contributed by atoms with Crippen LogP contribution in [0, 0.1) is 0 Å². The molecule has 1 aliphatic carbocycles. The molecule has 0 bridgehead atoms. The van der Waals surface area contributed by atoms with E-state index in [4.69, 9.17) is 0 Å². The van der Waals surface area contributed by atoms with E-state index in [9.17, 15) is 4.79 Å². The fourth-order valence-electron chi connectivity index (χ4n) is 1.39. The molecule has 0 N–H and O–H groups in total. The van der Waals surface area contributed by atoms with Crippen LogP contribution in [0.25, 0.3) is 5.57 Å². The van der Waals surface area contributed by atoms with E-state index in [0.29, 0.717) is 0 Å². The number of hydrogen-bond donors (Lipinski definition) is 0. The fraction of sp³-hybridized carbons (Fsp3) is 0.0769. The zero-order valence-electron chi connectivity index (χ0n) is 7.95. The summed E-state index contributed by atoms with van der Waals surface area (Å²) in [6, 6.07) is 7.59. The molecule has 1 aromatic rings. The summed E-state index contributed by atoms with van der Waals surface area (Å²) in [4.78, 5) is 11.0. The van der Waals surface area contributed by atoms with Crippen molar-refractivity contribution in [1.82, 2.24) is 0 Å². The molecule has 0 unspecified atom stereocenters. The third kappa shape index (κ3) is 1.59. The number of allylic oxidation sites excluding steroid dienone is 3. The van der Waals surface area contributed by atoms with Gasteiger partial charge in [-0.05, 0) is 24.6 Å². The molecule has 0 spiro atoms. The van der Waals surface area contributed by atoms with Gasteiger partial charge in [0.05, 0.1) is 0 Å². The molecule has 0 saturated carbocycles. The van der Waals surface area contributed by atoms with Crippen LogP contribution in [0.3, 0.4) is 0 Å². The van der Waals surface area contributed by atoms with Crippen LogP contribution in [-0.2, 0) is 0 Å². The van der Waals surface area contributed by atoms with E-state index in [0.717, 1.165) is 16.7 Å². The molecule has 0 heterocycles. The van der Waals surface area contributed by atoms with Crippen molar-refractivity contribution in [2.45, 2.75) is 6.92 Å². The summed E-state index contributed by atoms with van der Waals surface area (Å²) in [7, 11) is 0. The van der Waals surface area contributed by atoms with Crippen molar-refractivity contribution in [1.29, 1.82) is 0 Å². The molecule has 0 amide bonds. The van der Waals surface area contributed by atoms with E-state index in [1.54, 1.807) is 6.92 Å². The molecule has 0 saturated heterocycles. The smallest absolute Gasteiger partial charge is 0.159 e. The van der Waals surface area contributed by atoms with E-state index < -0.39 is 0 Å². The third-order valence-corrected chi connectivity index (χ3v) is 2.20. The maximum atomic E-state index is 11.0. The Labute approximate surface area is 83.1 Å². The summed E-state index contributed by atoms with van der Waals surface area (Å²) in [5.74, 6) is 0.100. The average Bonchev–Trinajstić information content (AvgIpc) is 2.71. The number of Topliss-reactive ketones (excluding diaryl/α,β-unsaturated/α-hetero) is 1. The molecular formula is C13H10O. The van der Waals surface area contributed by atoms with Gasteiger partial charge in [-0.25, -0.2) is 0 Å². The van der Waals surface area contributed by atoms with Crippen LogP contribution in [0.2, 0.25) is 0 Å². The first-order chi connectivity index (χ1) is 6.77. The molecule has 68 valence electrons. The van der Waals surface area contributed by atoms with Gasteiger partial charge in [-0.15, -0.1) is 5.73 Å². The molecule has 0 fully saturated rings. The van der Waals surface area contributed by atoms with Gasteiger partial charge < -0.3 is 0 Å². The molecule has 0 atom stereocenters. The van der Waals surface area contributed by atoms with Crippen molar-refractivity contribution in [3.8, 4) is 0 Å². The van der Waals surface area contributed by atoms with Crippen LogP contribution < -0.4 is 0 Å². The van der Waals surface area contributed by atoms with Gasteiger partial charge in [0, 0.05) is 11.1 Å². The van der Waals surface area contributed by atoms with E-state index in [1.807, 2.05) is 42.5 Å². The fourth-order valence-corrected chi connectivity index (χ4v) is 1.39. The molecule has 1 aliphatic rings. The van der Waals surface area contributed by atoms with Crippen molar-refractivity contribution in [3.05, 3.63) is 59.4 Å². The predicted octanol–water partition coefficient (Wildman–Crippen LogP) is 3.00. The number of carbonyl (C=O) groups is 1. The number of benzene rings is 1. The Balaban J connectivity index is 2.35. The van der Waals surface area contributed by atoms with Crippen LogP contribution in [0.1, 0.15) is 22.8 Å². The summed E-state index contributed by atoms with van der Waals surface area (Å²) >= 11 is 0. The summed E-state index contributed by atoms with van der Waals surface area (Å²) in [5.41, 5.74) is 6.03. The highest BCUT2D eigenvalue weighted by atomic mass is 16.1. The monoisotopic (exact) mass is 182 g/mol. The third-order valence-electron chi connectivity index (χ3n) is 2.20. The van der Waals surface area contributed by atoms with Gasteiger partial charge in [0.25, 0.3) is 0 Å². The quantitative estimate of drug-likeness (QED) is 0.507. The first-order valence-electron chi connectivity index (χ1n) is 4.52. The van der Waals surface area contributed by atoms with Gasteiger partial charge in [0.2, 0.25) is 0 Å². The topological polar surface area (TPSA) is 17.1 Å². The molecule has 1 aromatic carbocycles. The van der Waals surface area contributed by atoms with Gasteiger partial charge in [0.1, 0.15) is 0 Å². The second-order valence-electron chi connectivity index (χ2n) is 3.22. The Morgan fingerprint density at radius 3 is 2.43 bits per heavy atom. The Bertz CT molecular complexity index is 455. The minimum Gasteiger partial charge on any atom is -0.295 e. The van der Waals surface area contributed by atoms with Crippen molar-refractivity contribution in [3.63, 3.8) is 0 Å². The summed E-state index contributed by atoms with van der Waals surface area (Å²) in [6.45, 7) is 1.57. The first-order valence-corrected chi connectivity index (χ1v) is 4.52. The summed E-state index contributed by atoms with van der Waals surface area (Å²) in [5, 5.41) is 0. The normalized spacial score (nSPS) is 13.1. The van der Waals surface area contributed by atoms with E-state index in [-0.39, 0.29) is 5.78 Å². The second kappa shape index (κ2) is 3.49. The van der Waals surface area contributed by atoms with Gasteiger partial charge >= 0.3 is 0 Å². The van der Waals surface area contributed by atoms with Gasteiger partial charge in [-0.2, -0.15) is 0 Å². The SMILES string of the molecule is CC(=O)c1ccc(C2=C=CC=C2)cc1. The van der Waals surface area contributed by atoms with Crippen molar-refractivity contribution in [2.75, 3.05) is 0 Å². The molecule has 2 rings (SSSR count). The number of rotatable bonds is 2. The van der Waals surface area contributed by atoms with E-state index >= 15 is 0 Å². The Morgan fingerprint density at radius 2 is 1.93 bits per heavy atom. The average molecular weight is 182 g/mol. The lowest BCUT2D eigenvalue weighted by Gasteiger charge is -1.99. The lowest BCUT2D eigenvalue weighted by Crippen LogP contribution is -1.91. The number of carbonyl (C=O) groups excluding carboxylic acids is 1. The molecular weight excluding hydrogens is 172 g/mol. The van der Waals surface area contributed by atoms with E-state index in [2.05, 4.69) is 5.73 Å². The molecule has 14 heavy (non-hydrogen) atoms. The zero-order valence-corrected chi connectivity index (χ0v) is 7.95. The van der Waals surface area contributed by atoms with Crippen LogP contribution >= 0.6 is 0 Å². The van der Waals surface area contributed by atoms with Crippen molar-refractivity contribution < 1.29 is 4.79 Å². The molecule has 1 heteroatoms. The molecule has 1 nitrogen and oxygen atoms in total. The Morgan fingerprint density at radius 1 is 1.21 bits per heavy atom. The first kappa shape index (κ1) is 8.74. The van der Waals surface area contributed by atoms with Crippen LogP contribution in [0.4, 0.5) is 0 Å². The standard InChI is InChI=1S/C13H10O/c1-10(14)11-6-8-13(9-7-11)12-4-2-3-5-12/h2-4,6-9H,1H3. The number of ketones is 1. The highest BCUT2D eigenvalue weighted by molar-refractivity contribution is 5.94. The zero-order chi connectivity index (χ0) is 9.97. The van der Waals surface area contributed by atoms with Crippen LogP contribution in [-0.4, -0.2) is 5.78 Å². The number of hydrogen-bond acceptors (Lipinski definition) is 1. The highest BCUT2D eigenvalue weighted by Gasteiger charge is 2.01. The van der Waals surface area contributed by atoms with Crippen LogP contribution in [0.5, 0.6) is 0 Å². The lowest BCUT2D eigenvalue weighted by atomic mass is 10.0. The van der Waals surface area contributed by atoms with Gasteiger partial charge in [-0.1, -0.05) is 30.3 Å². The molecule has 0 aliphatic heterocycles. The molecule has 0 radical (unpaired) electrons. The predicted molar refractivity (Wildman–Crippen MR) is 57.1 cm³/mol. The van der Waals surface area contributed by atoms with Crippen LogP contribution in [0.15, 0.2) is 48.2 Å². The van der Waals surface area contributed by atoms with Crippen molar-refractivity contribution in [2.24, 2.45) is 0 Å². The highest BCUT2D eigenvalue weighted by Crippen LogP contribution is 2.18. The Kier molecular flexibility index (Phi) is 2.18. The summed E-state index contributed by atoms with van der Waals surface area (Å²) < 4.78 is 0. The minimum absolute atomic E-state index is 0.100. The van der Waals surface area contributed by atoms with Gasteiger partial charge in [0.15, 0.2) is 5.78 Å². The maximum absolute atomic E-state index is 11.0. The Hall–Kier alpha value is -1.85. The lowest BCUT2D eigenvalue weighted by molar-refractivity contribution is 0.101. The van der Waals surface area contributed by atoms with Gasteiger partial charge in [-0.3, -0.25) is 4.79 Å². The largest absolute Gasteiger partial charge is 0.295 e. The molecule has 0 aromatic heterocycles. The van der Waals surface area contributed by atoms with Crippen molar-refractivity contribution >= 4 is 11.4 Å². The minimum atomic E-state index is 0.100. The van der Waals surface area contributed by atoms with E-state index in [1.165, 1.54) is 0 Å². The summed E-state index contributed by atoms with van der Waals surface area (Å²) in [6.07, 6.45) is 5.84. The maximum Gasteiger partial charge on any atom is 0.159 e.